The van der Waals surface area contributed by atoms with Crippen LogP contribution in [0.15, 0.2) is 0 Å². The van der Waals surface area contributed by atoms with Crippen molar-refractivity contribution >= 4 is 23.6 Å². The number of piperazine rings is 1. The summed E-state index contributed by atoms with van der Waals surface area (Å²) in [4.78, 5) is 27.0. The van der Waals surface area contributed by atoms with Crippen molar-refractivity contribution in [3.8, 4) is 0 Å². The summed E-state index contributed by atoms with van der Waals surface area (Å²) in [5.41, 5.74) is -0.482. The van der Waals surface area contributed by atoms with E-state index in [4.69, 9.17) is 16.3 Å². The largest absolute Gasteiger partial charge is 0.444 e. The van der Waals surface area contributed by atoms with Gasteiger partial charge in [-0.2, -0.15) is 0 Å². The Bertz CT molecular complexity index is 367. The molecule has 0 aromatic rings. The lowest BCUT2D eigenvalue weighted by Gasteiger charge is -2.34. The highest BCUT2D eigenvalue weighted by Crippen LogP contribution is 2.31. The van der Waals surface area contributed by atoms with Crippen molar-refractivity contribution in [3.05, 3.63) is 0 Å². The van der Waals surface area contributed by atoms with Gasteiger partial charge in [-0.15, -0.1) is 11.6 Å². The van der Waals surface area contributed by atoms with Crippen LogP contribution in [0.25, 0.3) is 0 Å². The molecule has 0 unspecified atom stereocenters. The molecular weight excluding hydrogens is 256 g/mol. The van der Waals surface area contributed by atoms with Crippen LogP contribution in [0.3, 0.4) is 0 Å². The Labute approximate surface area is 112 Å². The average Bonchev–Trinajstić information content (AvgIpc) is 2.84. The molecule has 5 nitrogen and oxygen atoms in total. The predicted octanol–water partition coefficient (Wildman–Crippen LogP) is 1.45. The number of ether oxygens (including phenoxy) is 1. The molecule has 2 bridgehead atoms. The number of amides is 2. The van der Waals surface area contributed by atoms with Crippen LogP contribution in [0, 0.1) is 0 Å². The molecule has 0 saturated carbocycles. The van der Waals surface area contributed by atoms with Crippen molar-refractivity contribution in [3.63, 3.8) is 0 Å². The molecule has 2 saturated heterocycles. The summed E-state index contributed by atoms with van der Waals surface area (Å²) < 4.78 is 5.35. The maximum atomic E-state index is 12.0. The normalized spacial score (nSPS) is 26.7. The van der Waals surface area contributed by atoms with Gasteiger partial charge in [-0.3, -0.25) is 4.79 Å². The van der Waals surface area contributed by atoms with Gasteiger partial charge in [-0.05, 0) is 27.2 Å². The first-order valence-corrected chi connectivity index (χ1v) is 6.70. The summed E-state index contributed by atoms with van der Waals surface area (Å²) in [6.45, 7) is 6.69. The van der Waals surface area contributed by atoms with Gasteiger partial charge in [0.05, 0.1) is 12.1 Å². The fourth-order valence-electron chi connectivity index (χ4n) is 2.59. The summed E-state index contributed by atoms with van der Waals surface area (Å²) in [6, 6.07) is 0.186. The zero-order chi connectivity index (χ0) is 13.5. The molecule has 2 rings (SSSR count). The number of hydrogen-bond donors (Lipinski definition) is 0. The second-order valence-electron chi connectivity index (χ2n) is 5.86. The van der Waals surface area contributed by atoms with E-state index in [9.17, 15) is 9.59 Å². The highest BCUT2D eigenvalue weighted by atomic mass is 35.5. The summed E-state index contributed by atoms with van der Waals surface area (Å²) >= 11 is 5.56. The minimum absolute atomic E-state index is 0.00958. The number of rotatable bonds is 1. The van der Waals surface area contributed by atoms with Crippen LogP contribution < -0.4 is 0 Å². The van der Waals surface area contributed by atoms with Gasteiger partial charge in [0.1, 0.15) is 11.5 Å². The number of halogens is 1. The Morgan fingerprint density at radius 2 is 1.78 bits per heavy atom. The van der Waals surface area contributed by atoms with E-state index >= 15 is 0 Å². The molecule has 2 fully saturated rings. The minimum atomic E-state index is -0.482. The average molecular weight is 275 g/mol. The van der Waals surface area contributed by atoms with Gasteiger partial charge < -0.3 is 14.5 Å². The van der Waals surface area contributed by atoms with Gasteiger partial charge in [-0.1, -0.05) is 0 Å². The zero-order valence-corrected chi connectivity index (χ0v) is 11.7. The topological polar surface area (TPSA) is 49.9 Å². The molecule has 0 aromatic carbocycles. The molecule has 0 aromatic heterocycles. The van der Waals surface area contributed by atoms with Crippen molar-refractivity contribution < 1.29 is 14.3 Å². The smallest absolute Gasteiger partial charge is 0.410 e. The number of carbonyl (C=O) groups is 2. The SMILES string of the molecule is CC(C)(C)OC(=O)N1C[C@H]2C[C@@H]1CN2C(=O)CCl. The molecule has 2 aliphatic rings. The standard InChI is InChI=1S/C12H19ClN2O3/c1-12(2,3)18-11(17)15-7-8-4-9(15)6-14(8)10(16)5-13/h8-9H,4-7H2,1-3H3/t8-,9-/m1/s1. The second-order valence-corrected chi connectivity index (χ2v) is 6.12. The molecule has 102 valence electrons. The van der Waals surface area contributed by atoms with Crippen LogP contribution >= 0.6 is 11.6 Å². The van der Waals surface area contributed by atoms with Crippen LogP contribution in [0.2, 0.25) is 0 Å². The Morgan fingerprint density at radius 1 is 1.22 bits per heavy atom. The first-order chi connectivity index (χ1) is 8.31. The van der Waals surface area contributed by atoms with E-state index in [1.807, 2.05) is 20.8 Å². The number of hydrogen-bond acceptors (Lipinski definition) is 3. The molecule has 0 aliphatic carbocycles. The molecule has 2 aliphatic heterocycles. The van der Waals surface area contributed by atoms with Crippen LogP contribution in [0.4, 0.5) is 4.79 Å². The van der Waals surface area contributed by atoms with E-state index in [2.05, 4.69) is 0 Å². The predicted molar refractivity (Wildman–Crippen MR) is 67.6 cm³/mol. The molecule has 6 heteroatoms. The van der Waals surface area contributed by atoms with Crippen LogP contribution in [-0.4, -0.2) is 58.5 Å². The molecule has 0 radical (unpaired) electrons. The Kier molecular flexibility index (Phi) is 3.45. The fourth-order valence-corrected chi connectivity index (χ4v) is 2.75. The van der Waals surface area contributed by atoms with Crippen molar-refractivity contribution in [2.75, 3.05) is 19.0 Å². The monoisotopic (exact) mass is 274 g/mol. The van der Waals surface area contributed by atoms with Crippen molar-refractivity contribution in [2.24, 2.45) is 0 Å². The molecule has 2 amide bonds. The van der Waals surface area contributed by atoms with E-state index < -0.39 is 5.60 Å². The lowest BCUT2D eigenvalue weighted by Crippen LogP contribution is -2.52. The first-order valence-electron chi connectivity index (χ1n) is 6.17. The lowest BCUT2D eigenvalue weighted by atomic mass is 10.2. The number of carbonyl (C=O) groups excluding carboxylic acids is 2. The second kappa shape index (κ2) is 4.61. The Balaban J connectivity index is 1.95. The molecule has 2 atom stereocenters. The maximum Gasteiger partial charge on any atom is 0.410 e. The van der Waals surface area contributed by atoms with Gasteiger partial charge >= 0.3 is 6.09 Å². The maximum absolute atomic E-state index is 12.0. The minimum Gasteiger partial charge on any atom is -0.444 e. The Morgan fingerprint density at radius 3 is 2.22 bits per heavy atom. The van der Waals surface area contributed by atoms with Gasteiger partial charge in [-0.25, -0.2) is 4.79 Å². The van der Waals surface area contributed by atoms with Crippen molar-refractivity contribution in [1.29, 1.82) is 0 Å². The fraction of sp³-hybridized carbons (Fsp3) is 0.833. The van der Waals surface area contributed by atoms with Gasteiger partial charge in [0.25, 0.3) is 0 Å². The summed E-state index contributed by atoms with van der Waals surface area (Å²) in [6.07, 6.45) is 0.551. The van der Waals surface area contributed by atoms with Crippen LogP contribution in [0.1, 0.15) is 27.2 Å². The van der Waals surface area contributed by atoms with E-state index in [0.717, 1.165) is 6.42 Å². The lowest BCUT2D eigenvalue weighted by molar-refractivity contribution is -0.130. The van der Waals surface area contributed by atoms with Gasteiger partial charge in [0.2, 0.25) is 5.91 Å². The number of fused-ring (bicyclic) bond motifs is 2. The summed E-state index contributed by atoms with van der Waals surface area (Å²) in [5, 5.41) is 0. The molecule has 2 heterocycles. The number of alkyl halides is 1. The number of likely N-dealkylation sites (tertiary alicyclic amines) is 2. The Hall–Kier alpha value is -0.970. The first kappa shape index (κ1) is 13.5. The highest BCUT2D eigenvalue weighted by Gasteiger charge is 2.47. The molecule has 0 spiro atoms. The van der Waals surface area contributed by atoms with Crippen molar-refractivity contribution in [1.82, 2.24) is 9.80 Å². The number of nitrogens with zero attached hydrogens (tertiary/aromatic N) is 2. The van der Waals surface area contributed by atoms with Crippen molar-refractivity contribution in [2.45, 2.75) is 44.9 Å². The van der Waals surface area contributed by atoms with Gasteiger partial charge in [0, 0.05) is 13.1 Å². The molecule has 18 heavy (non-hydrogen) atoms. The van der Waals surface area contributed by atoms with E-state index in [-0.39, 0.29) is 30.0 Å². The third-order valence-corrected chi connectivity index (χ3v) is 3.53. The molecule has 0 N–H and O–H groups in total. The van der Waals surface area contributed by atoms with Crippen LogP contribution in [0.5, 0.6) is 0 Å². The third kappa shape index (κ3) is 2.55. The van der Waals surface area contributed by atoms with E-state index in [0.29, 0.717) is 13.1 Å². The summed E-state index contributed by atoms with van der Waals surface area (Å²) in [7, 11) is 0. The molecular formula is C12H19ClN2O3. The third-order valence-electron chi connectivity index (χ3n) is 3.30. The van der Waals surface area contributed by atoms with E-state index in [1.54, 1.807) is 9.80 Å². The van der Waals surface area contributed by atoms with E-state index in [1.165, 1.54) is 0 Å². The van der Waals surface area contributed by atoms with Crippen LogP contribution in [-0.2, 0) is 9.53 Å². The summed E-state index contributed by atoms with van der Waals surface area (Å²) in [5.74, 6) is -0.0386. The highest BCUT2D eigenvalue weighted by molar-refractivity contribution is 6.27. The van der Waals surface area contributed by atoms with Gasteiger partial charge in [0.15, 0.2) is 0 Å². The quantitative estimate of drug-likeness (QED) is 0.680. The zero-order valence-electron chi connectivity index (χ0n) is 11.0.